The Balaban J connectivity index is 2.47. The third-order valence-electron chi connectivity index (χ3n) is 2.84. The Kier molecular flexibility index (Phi) is 4.98. The van der Waals surface area contributed by atoms with E-state index in [1.54, 1.807) is 0 Å². The van der Waals surface area contributed by atoms with Crippen molar-refractivity contribution in [1.82, 2.24) is 0 Å². The summed E-state index contributed by atoms with van der Waals surface area (Å²) in [5.74, 6) is 0. The molecule has 2 nitrogen and oxygen atoms in total. The minimum Gasteiger partial charge on any atom is -0.322 e. The highest BCUT2D eigenvalue weighted by Crippen LogP contribution is 2.44. The molecule has 0 fully saturated rings. The molecule has 1 atom stereocenters. The fourth-order valence-electron chi connectivity index (χ4n) is 1.89. The molecule has 0 spiro atoms. The summed E-state index contributed by atoms with van der Waals surface area (Å²) in [6, 6.07) is 17.1. The molecular formula is C15H16BrO2P. The average Bonchev–Trinajstić information content (AvgIpc) is 2.48. The highest BCUT2D eigenvalue weighted by molar-refractivity contribution is 9.08. The predicted molar refractivity (Wildman–Crippen MR) is 84.0 cm³/mol. The summed E-state index contributed by atoms with van der Waals surface area (Å²) in [7, 11) is -2.97. The molecule has 0 heterocycles. The van der Waals surface area contributed by atoms with Crippen LogP contribution in [0.25, 0.3) is 0 Å². The molecule has 0 aliphatic heterocycles. The van der Waals surface area contributed by atoms with Crippen LogP contribution in [0.5, 0.6) is 0 Å². The van der Waals surface area contributed by atoms with Crippen LogP contribution in [0.3, 0.4) is 0 Å². The lowest BCUT2D eigenvalue weighted by Gasteiger charge is -2.18. The molecule has 0 aliphatic carbocycles. The van der Waals surface area contributed by atoms with Gasteiger partial charge in [0.2, 0.25) is 0 Å². The van der Waals surface area contributed by atoms with Crippen molar-refractivity contribution in [2.24, 2.45) is 0 Å². The van der Waals surface area contributed by atoms with E-state index in [1.807, 2.05) is 61.5 Å². The minimum atomic E-state index is -2.97. The minimum absolute atomic E-state index is 0.423. The van der Waals surface area contributed by atoms with Crippen LogP contribution in [0.2, 0.25) is 0 Å². The normalized spacial score (nSPS) is 14.0. The molecule has 2 aromatic rings. The number of benzene rings is 2. The van der Waals surface area contributed by atoms with E-state index in [4.69, 9.17) is 4.52 Å². The fourth-order valence-corrected chi connectivity index (χ4v) is 4.33. The average molecular weight is 339 g/mol. The second-order valence-electron chi connectivity index (χ2n) is 4.10. The van der Waals surface area contributed by atoms with Gasteiger partial charge in [0, 0.05) is 15.9 Å². The first-order valence-corrected chi connectivity index (χ1v) is 8.91. The lowest BCUT2D eigenvalue weighted by atomic mass is 10.2. The zero-order valence-corrected chi connectivity index (χ0v) is 13.2. The van der Waals surface area contributed by atoms with Crippen LogP contribution in [0.1, 0.15) is 12.5 Å². The number of halogens is 1. The second-order valence-corrected chi connectivity index (χ2v) is 7.06. The van der Waals surface area contributed by atoms with Crippen molar-refractivity contribution < 1.29 is 9.09 Å². The first kappa shape index (κ1) is 14.5. The van der Waals surface area contributed by atoms with Crippen molar-refractivity contribution in [3.8, 4) is 0 Å². The smallest absolute Gasteiger partial charge is 0.261 e. The van der Waals surface area contributed by atoms with Crippen molar-refractivity contribution in [2.75, 3.05) is 6.61 Å². The Morgan fingerprint density at radius 3 is 2.11 bits per heavy atom. The third-order valence-corrected chi connectivity index (χ3v) is 6.06. The molecular weight excluding hydrogens is 323 g/mol. The maximum atomic E-state index is 13.2. The molecule has 100 valence electrons. The van der Waals surface area contributed by atoms with Gasteiger partial charge in [0.25, 0.3) is 7.37 Å². The topological polar surface area (TPSA) is 26.3 Å². The molecule has 2 rings (SSSR count). The van der Waals surface area contributed by atoms with Gasteiger partial charge in [-0.05, 0) is 36.8 Å². The number of hydrogen-bond acceptors (Lipinski definition) is 2. The summed E-state index contributed by atoms with van der Waals surface area (Å²) in [4.78, 5) is 0. The Morgan fingerprint density at radius 1 is 1.00 bits per heavy atom. The summed E-state index contributed by atoms with van der Waals surface area (Å²) < 4.78 is 18.8. The van der Waals surface area contributed by atoms with Crippen molar-refractivity contribution in [1.29, 1.82) is 0 Å². The van der Waals surface area contributed by atoms with Crippen LogP contribution in [-0.4, -0.2) is 6.61 Å². The maximum Gasteiger partial charge on any atom is 0.261 e. The highest BCUT2D eigenvalue weighted by Gasteiger charge is 2.27. The number of hydrogen-bond donors (Lipinski definition) is 0. The first-order chi connectivity index (χ1) is 9.20. The van der Waals surface area contributed by atoms with E-state index in [2.05, 4.69) is 15.9 Å². The zero-order chi connectivity index (χ0) is 13.7. The van der Waals surface area contributed by atoms with Crippen LogP contribution in [0.4, 0.5) is 0 Å². The highest BCUT2D eigenvalue weighted by atomic mass is 79.9. The predicted octanol–water partition coefficient (Wildman–Crippen LogP) is 3.85. The molecule has 0 saturated heterocycles. The molecule has 0 saturated carbocycles. The molecule has 1 unspecified atom stereocenters. The first-order valence-electron chi connectivity index (χ1n) is 6.16. The van der Waals surface area contributed by atoms with Gasteiger partial charge in [-0.1, -0.05) is 46.3 Å². The van der Waals surface area contributed by atoms with Gasteiger partial charge in [0.15, 0.2) is 0 Å². The Hall–Kier alpha value is -0.890. The van der Waals surface area contributed by atoms with Crippen LogP contribution in [-0.2, 0) is 14.4 Å². The van der Waals surface area contributed by atoms with E-state index in [0.29, 0.717) is 6.61 Å². The van der Waals surface area contributed by atoms with E-state index in [-0.39, 0.29) is 0 Å². The van der Waals surface area contributed by atoms with Gasteiger partial charge in [-0.25, -0.2) is 0 Å². The summed E-state index contributed by atoms with van der Waals surface area (Å²) >= 11 is 3.41. The van der Waals surface area contributed by atoms with Gasteiger partial charge >= 0.3 is 0 Å². The Labute approximate surface area is 122 Å². The largest absolute Gasteiger partial charge is 0.322 e. The van der Waals surface area contributed by atoms with Crippen LogP contribution in [0, 0.1) is 0 Å². The Bertz CT molecular complexity index is 566. The molecule has 0 aliphatic rings. The van der Waals surface area contributed by atoms with Gasteiger partial charge < -0.3 is 4.52 Å². The van der Waals surface area contributed by atoms with Gasteiger partial charge in [0.1, 0.15) is 0 Å². The van der Waals surface area contributed by atoms with Gasteiger partial charge in [-0.2, -0.15) is 0 Å². The quantitative estimate of drug-likeness (QED) is 0.611. The summed E-state index contributed by atoms with van der Waals surface area (Å²) in [5.41, 5.74) is 1.15. The van der Waals surface area contributed by atoms with E-state index < -0.39 is 7.37 Å². The lowest BCUT2D eigenvalue weighted by molar-refractivity contribution is 0.348. The van der Waals surface area contributed by atoms with Gasteiger partial charge in [0.05, 0.1) is 6.61 Å². The van der Waals surface area contributed by atoms with E-state index >= 15 is 0 Å². The fraction of sp³-hybridized carbons (Fsp3) is 0.200. The molecule has 0 amide bonds. The SMILES string of the molecule is CCOP(=O)(c1ccccc1)c1ccc(CBr)cc1. The second kappa shape index (κ2) is 6.51. The maximum absolute atomic E-state index is 13.2. The summed E-state index contributed by atoms with van der Waals surface area (Å²) in [6.45, 7) is 2.29. The van der Waals surface area contributed by atoms with E-state index in [9.17, 15) is 4.57 Å². The van der Waals surface area contributed by atoms with Crippen molar-refractivity contribution in [3.05, 3.63) is 60.2 Å². The number of alkyl halides is 1. The van der Waals surface area contributed by atoms with Crippen molar-refractivity contribution in [3.63, 3.8) is 0 Å². The standard InChI is InChI=1S/C15H16BrO2P/c1-2-18-19(17,14-6-4-3-5-7-14)15-10-8-13(12-16)9-11-15/h3-11H,2,12H2,1H3. The molecule has 0 aromatic heterocycles. The molecule has 4 heteroatoms. The molecule has 0 radical (unpaired) electrons. The zero-order valence-electron chi connectivity index (χ0n) is 10.8. The Morgan fingerprint density at radius 2 is 1.58 bits per heavy atom. The molecule has 2 aromatic carbocycles. The van der Waals surface area contributed by atoms with Crippen LogP contribution < -0.4 is 10.6 Å². The number of rotatable bonds is 5. The van der Waals surface area contributed by atoms with Gasteiger partial charge in [-0.3, -0.25) is 4.57 Å². The van der Waals surface area contributed by atoms with Crippen LogP contribution >= 0.6 is 23.3 Å². The monoisotopic (exact) mass is 338 g/mol. The van der Waals surface area contributed by atoms with E-state index in [0.717, 1.165) is 21.5 Å². The molecule has 0 bridgehead atoms. The summed E-state index contributed by atoms with van der Waals surface area (Å²) in [6.07, 6.45) is 0. The van der Waals surface area contributed by atoms with E-state index in [1.165, 1.54) is 0 Å². The molecule has 0 N–H and O–H groups in total. The van der Waals surface area contributed by atoms with Crippen molar-refractivity contribution >= 4 is 33.9 Å². The van der Waals surface area contributed by atoms with Gasteiger partial charge in [-0.15, -0.1) is 0 Å². The lowest BCUT2D eigenvalue weighted by Crippen LogP contribution is -2.18. The summed E-state index contributed by atoms with van der Waals surface area (Å²) in [5, 5.41) is 2.27. The third kappa shape index (κ3) is 3.17. The molecule has 19 heavy (non-hydrogen) atoms. The van der Waals surface area contributed by atoms with Crippen molar-refractivity contribution in [2.45, 2.75) is 12.3 Å². The van der Waals surface area contributed by atoms with Crippen LogP contribution in [0.15, 0.2) is 54.6 Å².